The third-order valence-electron chi connectivity index (χ3n) is 6.36. The Morgan fingerprint density at radius 3 is 2.57 bits per heavy atom. The van der Waals surface area contributed by atoms with Gasteiger partial charge in [0.25, 0.3) is 0 Å². The molecule has 1 spiro atoms. The summed E-state index contributed by atoms with van der Waals surface area (Å²) in [5.41, 5.74) is 0. The summed E-state index contributed by atoms with van der Waals surface area (Å²) in [6, 6.07) is 0. The normalized spacial score (nSPS) is 44.9. The number of ether oxygens (including phenoxy) is 2. The number of nitrogens with zero attached hydrogens (tertiary/aromatic N) is 1. The molecule has 0 aromatic carbocycles. The number of rotatable bonds is 2. The van der Waals surface area contributed by atoms with Gasteiger partial charge in [-0.3, -0.25) is 0 Å². The van der Waals surface area contributed by atoms with E-state index in [2.05, 4.69) is 4.90 Å². The van der Waals surface area contributed by atoms with Gasteiger partial charge in [-0.25, -0.2) is 0 Å². The van der Waals surface area contributed by atoms with E-state index in [1.54, 1.807) is 0 Å². The molecule has 2 heterocycles. The number of fused-ring (bicyclic) bond motifs is 1. The zero-order chi connectivity index (χ0) is 14.1. The zero-order valence-electron chi connectivity index (χ0n) is 13.4. The Morgan fingerprint density at radius 2 is 1.71 bits per heavy atom. The van der Waals surface area contributed by atoms with Crippen LogP contribution in [0, 0.1) is 11.8 Å². The lowest BCUT2D eigenvalue weighted by molar-refractivity contribution is -0.208. The molecule has 2 saturated heterocycles. The quantitative estimate of drug-likeness (QED) is 0.777. The van der Waals surface area contributed by atoms with Crippen molar-refractivity contribution in [2.45, 2.75) is 76.1 Å². The molecule has 3 nitrogen and oxygen atoms in total. The molecule has 2 aliphatic carbocycles. The molecule has 0 aromatic heterocycles. The fourth-order valence-electron chi connectivity index (χ4n) is 5.21. The van der Waals surface area contributed by atoms with Gasteiger partial charge in [-0.15, -0.1) is 0 Å². The van der Waals surface area contributed by atoms with Gasteiger partial charge in [0.2, 0.25) is 0 Å². The van der Waals surface area contributed by atoms with Crippen LogP contribution in [0.2, 0.25) is 0 Å². The lowest BCUT2D eigenvalue weighted by Gasteiger charge is -2.43. The van der Waals surface area contributed by atoms with Crippen molar-refractivity contribution in [3.05, 3.63) is 0 Å². The van der Waals surface area contributed by atoms with Crippen molar-refractivity contribution >= 4 is 0 Å². The monoisotopic (exact) mass is 293 g/mol. The van der Waals surface area contributed by atoms with E-state index >= 15 is 0 Å². The van der Waals surface area contributed by atoms with E-state index < -0.39 is 0 Å². The summed E-state index contributed by atoms with van der Waals surface area (Å²) >= 11 is 0. The van der Waals surface area contributed by atoms with Crippen molar-refractivity contribution in [3.63, 3.8) is 0 Å². The van der Waals surface area contributed by atoms with Crippen molar-refractivity contribution < 1.29 is 9.47 Å². The Bertz CT molecular complexity index is 355. The smallest absolute Gasteiger partial charge is 0.169 e. The first-order valence-electron chi connectivity index (χ1n) is 9.37. The first-order valence-corrected chi connectivity index (χ1v) is 9.37. The van der Waals surface area contributed by atoms with Crippen LogP contribution in [0.1, 0.15) is 64.2 Å². The molecule has 120 valence electrons. The van der Waals surface area contributed by atoms with E-state index in [9.17, 15) is 0 Å². The third-order valence-corrected chi connectivity index (χ3v) is 6.36. The minimum absolute atomic E-state index is 0.195. The molecule has 4 atom stereocenters. The third kappa shape index (κ3) is 3.16. The molecule has 0 aromatic rings. The van der Waals surface area contributed by atoms with Crippen LogP contribution < -0.4 is 0 Å². The van der Waals surface area contributed by atoms with Crippen LogP contribution in [0.5, 0.6) is 0 Å². The highest BCUT2D eigenvalue weighted by molar-refractivity contribution is 4.92. The minimum Gasteiger partial charge on any atom is -0.347 e. The summed E-state index contributed by atoms with van der Waals surface area (Å²) < 4.78 is 12.7. The summed E-state index contributed by atoms with van der Waals surface area (Å²) in [7, 11) is 0. The average molecular weight is 293 g/mol. The molecule has 21 heavy (non-hydrogen) atoms. The van der Waals surface area contributed by atoms with E-state index in [1.807, 2.05) is 0 Å². The van der Waals surface area contributed by atoms with E-state index in [-0.39, 0.29) is 5.79 Å². The standard InChI is InChI=1S/C18H31NO2/c1-4-10-19(11-5-1)13-17-14-20-18(21-17)9-8-15-6-2-3-7-16(15)12-18/h15-17H,1-14H2/t15-,16+,17+,18-/m0/s1. The molecule has 0 unspecified atom stereocenters. The lowest BCUT2D eigenvalue weighted by atomic mass is 9.69. The molecule has 4 fully saturated rings. The van der Waals surface area contributed by atoms with Crippen LogP contribution in [-0.2, 0) is 9.47 Å². The highest BCUT2D eigenvalue weighted by Gasteiger charge is 2.48. The van der Waals surface area contributed by atoms with Crippen molar-refractivity contribution in [3.8, 4) is 0 Å². The van der Waals surface area contributed by atoms with Crippen LogP contribution >= 0.6 is 0 Å². The van der Waals surface area contributed by atoms with E-state index in [1.165, 1.54) is 70.9 Å². The predicted molar refractivity (Wildman–Crippen MR) is 83.1 cm³/mol. The van der Waals surface area contributed by atoms with Gasteiger partial charge in [0.15, 0.2) is 5.79 Å². The molecule has 0 radical (unpaired) electrons. The van der Waals surface area contributed by atoms with Crippen molar-refractivity contribution in [1.29, 1.82) is 0 Å². The summed E-state index contributed by atoms with van der Waals surface area (Å²) in [5.74, 6) is 1.65. The summed E-state index contributed by atoms with van der Waals surface area (Å²) in [6.45, 7) is 4.44. The SMILES string of the molecule is C1CCN(C[C@@H]2CO[C@@]3(CC[C@@H]4CCCC[C@@H]4C3)O2)CC1. The van der Waals surface area contributed by atoms with Crippen LogP contribution in [0.15, 0.2) is 0 Å². The maximum atomic E-state index is 6.48. The Labute approximate surface area is 129 Å². The van der Waals surface area contributed by atoms with Gasteiger partial charge < -0.3 is 14.4 Å². The van der Waals surface area contributed by atoms with Gasteiger partial charge >= 0.3 is 0 Å². The molecular weight excluding hydrogens is 262 g/mol. The molecule has 0 N–H and O–H groups in total. The maximum absolute atomic E-state index is 6.48. The maximum Gasteiger partial charge on any atom is 0.169 e. The second-order valence-corrected chi connectivity index (χ2v) is 7.87. The zero-order valence-corrected chi connectivity index (χ0v) is 13.4. The number of likely N-dealkylation sites (tertiary alicyclic amines) is 1. The fraction of sp³-hybridized carbons (Fsp3) is 1.00. The van der Waals surface area contributed by atoms with Gasteiger partial charge in [0.1, 0.15) is 0 Å². The molecular formula is C18H31NO2. The number of hydrogen-bond donors (Lipinski definition) is 0. The van der Waals surface area contributed by atoms with Crippen LogP contribution in [0.4, 0.5) is 0 Å². The average Bonchev–Trinajstić information content (AvgIpc) is 2.90. The largest absolute Gasteiger partial charge is 0.347 e. The summed E-state index contributed by atoms with van der Waals surface area (Å²) in [5, 5.41) is 0. The Balaban J connectivity index is 1.32. The Kier molecular flexibility index (Phi) is 4.25. The molecule has 4 aliphatic rings. The molecule has 3 heteroatoms. The number of piperidine rings is 1. The number of hydrogen-bond acceptors (Lipinski definition) is 3. The van der Waals surface area contributed by atoms with Crippen molar-refractivity contribution in [2.24, 2.45) is 11.8 Å². The van der Waals surface area contributed by atoms with Crippen LogP contribution in [-0.4, -0.2) is 43.0 Å². The fourth-order valence-corrected chi connectivity index (χ4v) is 5.21. The highest BCUT2D eigenvalue weighted by atomic mass is 16.7. The van der Waals surface area contributed by atoms with Crippen LogP contribution in [0.3, 0.4) is 0 Å². The van der Waals surface area contributed by atoms with E-state index in [0.29, 0.717) is 6.10 Å². The molecule has 0 amide bonds. The summed E-state index contributed by atoms with van der Waals surface area (Å²) in [6.07, 6.45) is 13.9. The second kappa shape index (κ2) is 6.17. The molecule has 0 bridgehead atoms. The summed E-state index contributed by atoms with van der Waals surface area (Å²) in [4.78, 5) is 2.59. The van der Waals surface area contributed by atoms with Gasteiger partial charge in [-0.2, -0.15) is 0 Å². The molecule has 2 aliphatic heterocycles. The first-order chi connectivity index (χ1) is 10.3. The van der Waals surface area contributed by atoms with Gasteiger partial charge in [-0.05, 0) is 50.6 Å². The van der Waals surface area contributed by atoms with E-state index in [4.69, 9.17) is 9.47 Å². The minimum atomic E-state index is -0.195. The first kappa shape index (κ1) is 14.5. The van der Waals surface area contributed by atoms with Gasteiger partial charge in [0.05, 0.1) is 12.7 Å². The highest BCUT2D eigenvalue weighted by Crippen LogP contribution is 2.48. The topological polar surface area (TPSA) is 21.7 Å². The van der Waals surface area contributed by atoms with Crippen LogP contribution in [0.25, 0.3) is 0 Å². The van der Waals surface area contributed by atoms with Gasteiger partial charge in [0, 0.05) is 19.4 Å². The van der Waals surface area contributed by atoms with E-state index in [0.717, 1.165) is 31.4 Å². The van der Waals surface area contributed by atoms with Crippen molar-refractivity contribution in [1.82, 2.24) is 4.90 Å². The predicted octanol–water partition coefficient (Wildman–Crippen LogP) is 3.57. The lowest BCUT2D eigenvalue weighted by Crippen LogP contribution is -2.43. The second-order valence-electron chi connectivity index (χ2n) is 7.87. The Hall–Kier alpha value is -0.120. The van der Waals surface area contributed by atoms with Gasteiger partial charge in [-0.1, -0.05) is 25.7 Å². The molecule has 4 rings (SSSR count). The van der Waals surface area contributed by atoms with Crippen molar-refractivity contribution in [2.75, 3.05) is 26.2 Å². The molecule has 2 saturated carbocycles. The Morgan fingerprint density at radius 1 is 0.905 bits per heavy atom.